The van der Waals surface area contributed by atoms with Gasteiger partial charge in [0.15, 0.2) is 0 Å². The van der Waals surface area contributed by atoms with Crippen molar-refractivity contribution in [1.29, 1.82) is 0 Å². The third-order valence-electron chi connectivity index (χ3n) is 3.48. The van der Waals surface area contributed by atoms with Gasteiger partial charge in [0.2, 0.25) is 0 Å². The number of benzene rings is 1. The van der Waals surface area contributed by atoms with Crippen LogP contribution in [0.4, 0.5) is 18.9 Å². The van der Waals surface area contributed by atoms with E-state index in [0.717, 1.165) is 11.8 Å². The van der Waals surface area contributed by atoms with Crippen LogP contribution in [0.5, 0.6) is 5.75 Å². The predicted molar refractivity (Wildman–Crippen MR) is 71.8 cm³/mol. The second-order valence-electron chi connectivity index (χ2n) is 4.95. The van der Waals surface area contributed by atoms with Crippen molar-refractivity contribution in [2.24, 2.45) is 0 Å². The molecule has 0 atom stereocenters. The summed E-state index contributed by atoms with van der Waals surface area (Å²) in [7, 11) is 0. The van der Waals surface area contributed by atoms with Crippen molar-refractivity contribution in [3.63, 3.8) is 0 Å². The molecule has 2 aromatic rings. The highest BCUT2D eigenvalue weighted by atomic mass is 19.4. The maximum absolute atomic E-state index is 12.5. The zero-order valence-electron chi connectivity index (χ0n) is 11.6. The predicted octanol–water partition coefficient (Wildman–Crippen LogP) is 2.82. The fourth-order valence-electron chi connectivity index (χ4n) is 2.51. The number of nitrogens with zero attached hydrogens (tertiary/aromatic N) is 2. The smallest absolute Gasteiger partial charge is 0.406 e. The molecule has 1 N–H and O–H groups in total. The molecule has 0 saturated carbocycles. The Labute approximate surface area is 123 Å². The quantitative estimate of drug-likeness (QED) is 0.928. The Morgan fingerprint density at radius 3 is 2.77 bits per heavy atom. The Kier molecular flexibility index (Phi) is 3.31. The molecule has 1 aromatic carbocycles. The van der Waals surface area contributed by atoms with E-state index in [1.807, 2.05) is 0 Å². The van der Waals surface area contributed by atoms with Crippen LogP contribution in [0.3, 0.4) is 0 Å². The van der Waals surface area contributed by atoms with Crippen LogP contribution in [0.2, 0.25) is 0 Å². The first kappa shape index (κ1) is 14.4. The number of aryl methyl sites for hydroxylation is 1. The number of fused-ring (bicyclic) bond motifs is 1. The number of amides is 1. The van der Waals surface area contributed by atoms with Crippen LogP contribution in [-0.4, -0.2) is 29.0 Å². The number of alkyl halides is 3. The normalized spacial score (nSPS) is 14.9. The molecule has 0 bridgehead atoms. The highest BCUT2D eigenvalue weighted by Gasteiger charge is 2.32. The van der Waals surface area contributed by atoms with Crippen LogP contribution in [0, 0.1) is 6.92 Å². The van der Waals surface area contributed by atoms with Gasteiger partial charge in [0.1, 0.15) is 5.75 Å². The van der Waals surface area contributed by atoms with Crippen molar-refractivity contribution >= 4 is 11.6 Å². The molecule has 22 heavy (non-hydrogen) atoms. The van der Waals surface area contributed by atoms with Gasteiger partial charge in [0, 0.05) is 12.1 Å². The molecular formula is C14H12F3N3O2. The lowest BCUT2D eigenvalue weighted by Gasteiger charge is -2.28. The van der Waals surface area contributed by atoms with E-state index in [1.54, 1.807) is 18.0 Å². The third-order valence-corrected chi connectivity index (χ3v) is 3.48. The minimum absolute atomic E-state index is 0.260. The number of aromatic nitrogens is 2. The number of nitrogens with one attached hydrogen (secondary N) is 1. The van der Waals surface area contributed by atoms with Gasteiger partial charge in [-0.05, 0) is 37.1 Å². The van der Waals surface area contributed by atoms with Crippen molar-refractivity contribution in [3.8, 4) is 5.75 Å². The molecule has 0 unspecified atom stereocenters. The van der Waals surface area contributed by atoms with Gasteiger partial charge in [-0.2, -0.15) is 5.10 Å². The lowest BCUT2D eigenvalue weighted by atomic mass is 9.98. The molecule has 3 rings (SSSR count). The van der Waals surface area contributed by atoms with Crippen molar-refractivity contribution in [1.82, 2.24) is 10.2 Å². The Bertz CT molecular complexity index is 724. The van der Waals surface area contributed by atoms with Crippen molar-refractivity contribution < 1.29 is 22.7 Å². The van der Waals surface area contributed by atoms with Crippen LogP contribution in [0.25, 0.3) is 0 Å². The van der Waals surface area contributed by atoms with Crippen LogP contribution < -0.4 is 9.64 Å². The molecule has 8 heteroatoms. The largest absolute Gasteiger partial charge is 0.573 e. The molecule has 0 spiro atoms. The lowest BCUT2D eigenvalue weighted by molar-refractivity contribution is -0.274. The Balaban J connectivity index is 1.90. The second-order valence-corrected chi connectivity index (χ2v) is 4.95. The SMILES string of the molecule is Cc1[nH]ncc1N1CCc2cc(OC(F)(F)F)ccc2C1=O. The summed E-state index contributed by atoms with van der Waals surface area (Å²) in [6, 6.07) is 3.77. The molecule has 5 nitrogen and oxygen atoms in total. The summed E-state index contributed by atoms with van der Waals surface area (Å²) in [4.78, 5) is 14.0. The third kappa shape index (κ3) is 2.63. The molecule has 1 aliphatic rings. The Morgan fingerprint density at radius 2 is 2.14 bits per heavy atom. The molecule has 2 heterocycles. The maximum atomic E-state index is 12.5. The Morgan fingerprint density at radius 1 is 1.36 bits per heavy atom. The van der Waals surface area contributed by atoms with E-state index in [9.17, 15) is 18.0 Å². The number of halogens is 3. The molecule has 0 fully saturated rings. The molecule has 116 valence electrons. The molecule has 0 aliphatic carbocycles. The van der Waals surface area contributed by atoms with Crippen molar-refractivity contribution in [2.75, 3.05) is 11.4 Å². The van der Waals surface area contributed by atoms with E-state index in [-0.39, 0.29) is 11.7 Å². The second kappa shape index (κ2) is 5.04. The number of H-pyrrole nitrogens is 1. The lowest BCUT2D eigenvalue weighted by Crippen LogP contribution is -2.37. The van der Waals surface area contributed by atoms with E-state index < -0.39 is 6.36 Å². The minimum atomic E-state index is -4.74. The molecule has 1 aromatic heterocycles. The molecule has 0 radical (unpaired) electrons. The molecule has 1 amide bonds. The van der Waals surface area contributed by atoms with Gasteiger partial charge >= 0.3 is 6.36 Å². The highest BCUT2D eigenvalue weighted by Crippen LogP contribution is 2.30. The van der Waals surface area contributed by atoms with E-state index in [0.29, 0.717) is 29.8 Å². The molecule has 0 saturated heterocycles. The van der Waals surface area contributed by atoms with Gasteiger partial charge < -0.3 is 9.64 Å². The first-order valence-electron chi connectivity index (χ1n) is 6.55. The number of ether oxygens (including phenoxy) is 1. The van der Waals surface area contributed by atoms with Gasteiger partial charge in [-0.3, -0.25) is 9.89 Å². The number of rotatable bonds is 2. The average molecular weight is 311 g/mol. The first-order chi connectivity index (χ1) is 10.3. The number of carbonyl (C=O) groups is 1. The van der Waals surface area contributed by atoms with Crippen LogP contribution in [-0.2, 0) is 6.42 Å². The Hall–Kier alpha value is -2.51. The number of carbonyl (C=O) groups excluding carboxylic acids is 1. The van der Waals surface area contributed by atoms with E-state index in [2.05, 4.69) is 14.9 Å². The minimum Gasteiger partial charge on any atom is -0.406 e. The molecule has 1 aliphatic heterocycles. The standard InChI is InChI=1S/C14H12F3N3O2/c1-8-12(7-18-19-8)20-5-4-9-6-10(22-14(15,16)17)2-3-11(9)13(20)21/h2-3,6-7H,4-5H2,1H3,(H,18,19). The van der Waals surface area contributed by atoms with E-state index in [4.69, 9.17) is 0 Å². The topological polar surface area (TPSA) is 58.2 Å². The number of aromatic amines is 1. The maximum Gasteiger partial charge on any atom is 0.573 e. The first-order valence-corrected chi connectivity index (χ1v) is 6.55. The number of hydrogen-bond donors (Lipinski definition) is 1. The van der Waals surface area contributed by atoms with Crippen LogP contribution in [0.1, 0.15) is 21.6 Å². The zero-order valence-corrected chi connectivity index (χ0v) is 11.6. The van der Waals surface area contributed by atoms with E-state index >= 15 is 0 Å². The summed E-state index contributed by atoms with van der Waals surface area (Å²) in [5.74, 6) is -0.573. The van der Waals surface area contributed by atoms with Crippen molar-refractivity contribution in [3.05, 3.63) is 41.2 Å². The van der Waals surface area contributed by atoms with Gasteiger partial charge in [0.05, 0.1) is 17.6 Å². The summed E-state index contributed by atoms with van der Waals surface area (Å²) < 4.78 is 40.6. The monoisotopic (exact) mass is 311 g/mol. The van der Waals surface area contributed by atoms with Crippen molar-refractivity contribution in [2.45, 2.75) is 19.7 Å². The summed E-state index contributed by atoms with van der Waals surface area (Å²) in [6.07, 6.45) is -2.74. The molecular weight excluding hydrogens is 299 g/mol. The van der Waals surface area contributed by atoms with Crippen LogP contribution in [0.15, 0.2) is 24.4 Å². The van der Waals surface area contributed by atoms with Crippen LogP contribution >= 0.6 is 0 Å². The zero-order chi connectivity index (χ0) is 15.9. The van der Waals surface area contributed by atoms with E-state index in [1.165, 1.54) is 12.1 Å². The summed E-state index contributed by atoms with van der Waals surface area (Å²) in [5.41, 5.74) is 2.35. The van der Waals surface area contributed by atoms with Gasteiger partial charge in [-0.25, -0.2) is 0 Å². The highest BCUT2D eigenvalue weighted by molar-refractivity contribution is 6.08. The number of hydrogen-bond acceptors (Lipinski definition) is 3. The summed E-state index contributed by atoms with van der Waals surface area (Å²) in [6.45, 7) is 2.17. The summed E-state index contributed by atoms with van der Waals surface area (Å²) in [5, 5.41) is 6.63. The average Bonchev–Trinajstić information content (AvgIpc) is 2.83. The number of anilines is 1. The van der Waals surface area contributed by atoms with Gasteiger partial charge in [-0.1, -0.05) is 0 Å². The van der Waals surface area contributed by atoms with Gasteiger partial charge in [0.25, 0.3) is 5.91 Å². The fourth-order valence-corrected chi connectivity index (χ4v) is 2.51. The van der Waals surface area contributed by atoms with Gasteiger partial charge in [-0.15, -0.1) is 13.2 Å². The fraction of sp³-hybridized carbons (Fsp3) is 0.286. The summed E-state index contributed by atoms with van der Waals surface area (Å²) >= 11 is 0.